The minimum absolute atomic E-state index is 0.801. The van der Waals surface area contributed by atoms with Gasteiger partial charge in [0.25, 0.3) is 0 Å². The van der Waals surface area contributed by atoms with Crippen molar-refractivity contribution < 1.29 is 4.52 Å². The second-order valence-electron chi connectivity index (χ2n) is 4.93. The quantitative estimate of drug-likeness (QED) is 0.879. The first-order valence-corrected chi connectivity index (χ1v) is 6.48. The van der Waals surface area contributed by atoms with Crippen LogP contribution in [0.3, 0.4) is 0 Å². The summed E-state index contributed by atoms with van der Waals surface area (Å²) in [4.78, 5) is 8.94. The molecule has 0 atom stereocenters. The summed E-state index contributed by atoms with van der Waals surface area (Å²) in [7, 11) is 0. The Labute approximate surface area is 111 Å². The van der Waals surface area contributed by atoms with Crippen LogP contribution in [0.2, 0.25) is 0 Å². The van der Waals surface area contributed by atoms with Gasteiger partial charge >= 0.3 is 0 Å². The van der Waals surface area contributed by atoms with E-state index in [0.717, 1.165) is 55.8 Å². The van der Waals surface area contributed by atoms with E-state index in [2.05, 4.69) is 30.1 Å². The largest absolute Gasteiger partial charge is 0.364 e. The number of nitrogens with zero attached hydrogens (tertiary/aromatic N) is 5. The summed E-state index contributed by atoms with van der Waals surface area (Å²) in [6.45, 7) is 8.64. The van der Waals surface area contributed by atoms with Crippen LogP contribution in [0.5, 0.6) is 0 Å². The van der Waals surface area contributed by atoms with Gasteiger partial charge in [0.2, 0.25) is 5.95 Å². The molecule has 0 bridgehead atoms. The highest BCUT2D eigenvalue weighted by molar-refractivity contribution is 5.29. The van der Waals surface area contributed by atoms with E-state index >= 15 is 0 Å². The molecule has 19 heavy (non-hydrogen) atoms. The molecule has 1 N–H and O–H groups in total. The highest BCUT2D eigenvalue weighted by Gasteiger charge is 2.20. The first-order chi connectivity index (χ1) is 9.22. The first kappa shape index (κ1) is 12.2. The van der Waals surface area contributed by atoms with Gasteiger partial charge in [-0.05, 0) is 13.8 Å². The summed E-state index contributed by atoms with van der Waals surface area (Å²) < 4.78 is 4.97. The molecule has 0 amide bonds. The van der Waals surface area contributed by atoms with Gasteiger partial charge in [0, 0.05) is 38.3 Å². The average Bonchev–Trinajstić information content (AvgIpc) is 3.00. The van der Waals surface area contributed by atoms with E-state index in [1.807, 2.05) is 13.8 Å². The summed E-state index contributed by atoms with van der Waals surface area (Å²) in [5.41, 5.74) is 2.15. The summed E-state index contributed by atoms with van der Waals surface area (Å²) >= 11 is 0. The number of nitrogens with one attached hydrogen (secondary N) is 1. The zero-order valence-electron chi connectivity index (χ0n) is 11.3. The summed E-state index contributed by atoms with van der Waals surface area (Å²) in [6, 6.07) is 0. The summed E-state index contributed by atoms with van der Waals surface area (Å²) in [6.07, 6.45) is 1.70. The fraction of sp³-hybridized carbons (Fsp3) is 0.583. The number of hydrogen-bond donors (Lipinski definition) is 1. The van der Waals surface area contributed by atoms with Crippen molar-refractivity contribution in [1.29, 1.82) is 0 Å². The van der Waals surface area contributed by atoms with E-state index in [0.29, 0.717) is 0 Å². The van der Waals surface area contributed by atoms with E-state index in [4.69, 9.17) is 4.52 Å². The molecule has 1 fully saturated rings. The van der Waals surface area contributed by atoms with Crippen molar-refractivity contribution in [2.45, 2.75) is 20.4 Å². The monoisotopic (exact) mass is 262 g/mol. The second-order valence-corrected chi connectivity index (χ2v) is 4.93. The number of aryl methyl sites for hydroxylation is 2. The molecule has 1 saturated heterocycles. The van der Waals surface area contributed by atoms with Crippen molar-refractivity contribution in [3.8, 4) is 0 Å². The SMILES string of the molecule is Cc1nc(N2CCN(Cc3nocc3C)CC2)n[nH]1. The molecule has 0 spiro atoms. The molecular weight excluding hydrogens is 244 g/mol. The van der Waals surface area contributed by atoms with Gasteiger partial charge < -0.3 is 9.42 Å². The lowest BCUT2D eigenvalue weighted by Gasteiger charge is -2.33. The number of piperazine rings is 1. The Kier molecular flexibility index (Phi) is 3.20. The minimum atomic E-state index is 0.801. The summed E-state index contributed by atoms with van der Waals surface area (Å²) in [5.74, 6) is 1.66. The molecule has 0 aliphatic carbocycles. The van der Waals surface area contributed by atoms with Crippen LogP contribution in [-0.4, -0.2) is 51.4 Å². The fourth-order valence-corrected chi connectivity index (χ4v) is 2.25. The number of H-pyrrole nitrogens is 1. The van der Waals surface area contributed by atoms with Crippen molar-refractivity contribution in [1.82, 2.24) is 25.2 Å². The molecule has 0 unspecified atom stereocenters. The van der Waals surface area contributed by atoms with Crippen LogP contribution in [-0.2, 0) is 6.54 Å². The van der Waals surface area contributed by atoms with Gasteiger partial charge in [-0.1, -0.05) is 5.16 Å². The normalized spacial score (nSPS) is 17.1. The van der Waals surface area contributed by atoms with Crippen molar-refractivity contribution in [2.75, 3.05) is 31.1 Å². The zero-order chi connectivity index (χ0) is 13.2. The summed E-state index contributed by atoms with van der Waals surface area (Å²) in [5, 5.41) is 11.1. The number of anilines is 1. The van der Waals surface area contributed by atoms with E-state index in [-0.39, 0.29) is 0 Å². The van der Waals surface area contributed by atoms with Gasteiger partial charge in [-0.25, -0.2) is 0 Å². The maximum atomic E-state index is 4.97. The Morgan fingerprint density at radius 2 is 2.05 bits per heavy atom. The molecule has 0 saturated carbocycles. The maximum absolute atomic E-state index is 4.97. The standard InChI is InChI=1S/C12H18N6O/c1-9-8-19-16-11(9)7-17-3-5-18(6-4-17)12-13-10(2)14-15-12/h8H,3-7H2,1-2H3,(H,13,14,15). The van der Waals surface area contributed by atoms with Crippen molar-refractivity contribution in [2.24, 2.45) is 0 Å². The number of aromatic nitrogens is 4. The molecule has 7 heteroatoms. The third-order valence-electron chi connectivity index (χ3n) is 3.46. The Balaban J connectivity index is 1.56. The number of rotatable bonds is 3. The number of aromatic amines is 1. The van der Waals surface area contributed by atoms with E-state index in [9.17, 15) is 0 Å². The molecule has 2 aromatic heterocycles. The molecule has 1 aliphatic heterocycles. The minimum Gasteiger partial charge on any atom is -0.364 e. The van der Waals surface area contributed by atoms with E-state index < -0.39 is 0 Å². The van der Waals surface area contributed by atoms with Crippen LogP contribution in [0, 0.1) is 13.8 Å². The van der Waals surface area contributed by atoms with E-state index in [1.54, 1.807) is 6.26 Å². The molecule has 1 aliphatic rings. The molecule has 0 radical (unpaired) electrons. The second kappa shape index (κ2) is 5.00. The highest BCUT2D eigenvalue weighted by Crippen LogP contribution is 2.14. The predicted octanol–water partition coefficient (Wildman–Crippen LogP) is 0.732. The van der Waals surface area contributed by atoms with Gasteiger partial charge in [0.05, 0.1) is 0 Å². The molecule has 3 rings (SSSR count). The topological polar surface area (TPSA) is 74.1 Å². The predicted molar refractivity (Wildman–Crippen MR) is 69.8 cm³/mol. The molecule has 3 heterocycles. The van der Waals surface area contributed by atoms with Crippen LogP contribution in [0.25, 0.3) is 0 Å². The number of hydrogen-bond acceptors (Lipinski definition) is 6. The Morgan fingerprint density at radius 3 is 2.63 bits per heavy atom. The molecular formula is C12H18N6O. The van der Waals surface area contributed by atoms with Gasteiger partial charge in [-0.15, -0.1) is 5.10 Å². The molecule has 2 aromatic rings. The van der Waals surface area contributed by atoms with Gasteiger partial charge in [-0.3, -0.25) is 10.00 Å². The Morgan fingerprint density at radius 1 is 1.26 bits per heavy atom. The van der Waals surface area contributed by atoms with Crippen LogP contribution >= 0.6 is 0 Å². The molecule has 102 valence electrons. The molecule has 7 nitrogen and oxygen atoms in total. The van der Waals surface area contributed by atoms with E-state index in [1.165, 1.54) is 0 Å². The maximum Gasteiger partial charge on any atom is 0.244 e. The lowest BCUT2D eigenvalue weighted by atomic mass is 10.2. The van der Waals surface area contributed by atoms with Crippen LogP contribution < -0.4 is 4.90 Å². The van der Waals surface area contributed by atoms with Crippen molar-refractivity contribution >= 4 is 5.95 Å². The van der Waals surface area contributed by atoms with Gasteiger partial charge in [0.1, 0.15) is 17.8 Å². The smallest absolute Gasteiger partial charge is 0.244 e. The van der Waals surface area contributed by atoms with Gasteiger partial charge in [-0.2, -0.15) is 4.98 Å². The van der Waals surface area contributed by atoms with Crippen LogP contribution in [0.1, 0.15) is 17.1 Å². The first-order valence-electron chi connectivity index (χ1n) is 6.48. The lowest BCUT2D eigenvalue weighted by Crippen LogP contribution is -2.46. The Hall–Kier alpha value is -1.89. The third kappa shape index (κ3) is 2.60. The molecule has 0 aromatic carbocycles. The van der Waals surface area contributed by atoms with Crippen molar-refractivity contribution in [3.05, 3.63) is 23.3 Å². The lowest BCUT2D eigenvalue weighted by molar-refractivity contribution is 0.241. The fourth-order valence-electron chi connectivity index (χ4n) is 2.25. The van der Waals surface area contributed by atoms with Crippen LogP contribution in [0.15, 0.2) is 10.8 Å². The third-order valence-corrected chi connectivity index (χ3v) is 3.46. The average molecular weight is 262 g/mol. The zero-order valence-corrected chi connectivity index (χ0v) is 11.3. The highest BCUT2D eigenvalue weighted by atomic mass is 16.5. The van der Waals surface area contributed by atoms with Crippen molar-refractivity contribution in [3.63, 3.8) is 0 Å². The Bertz CT molecular complexity index is 540. The van der Waals surface area contributed by atoms with Crippen LogP contribution in [0.4, 0.5) is 5.95 Å². The van der Waals surface area contributed by atoms with Gasteiger partial charge in [0.15, 0.2) is 0 Å².